The van der Waals surface area contributed by atoms with Crippen molar-refractivity contribution in [2.75, 3.05) is 5.32 Å². The molecule has 0 unspecified atom stereocenters. The summed E-state index contributed by atoms with van der Waals surface area (Å²) >= 11 is 6.28. The van der Waals surface area contributed by atoms with Crippen LogP contribution < -0.4 is 5.32 Å². The Balaban J connectivity index is 1.87. The molecule has 0 amide bonds. The van der Waals surface area contributed by atoms with Gasteiger partial charge in [-0.15, -0.1) is 0 Å². The molecular formula is C20H16ClNO3. The Morgan fingerprint density at radius 2 is 1.92 bits per heavy atom. The van der Waals surface area contributed by atoms with Gasteiger partial charge in [0, 0.05) is 33.7 Å². The average molecular weight is 354 g/mol. The maximum Gasteiger partial charge on any atom is 0.326 e. The van der Waals surface area contributed by atoms with Crippen LogP contribution in [0, 0.1) is 5.92 Å². The van der Waals surface area contributed by atoms with Crippen LogP contribution in [0.5, 0.6) is 0 Å². The van der Waals surface area contributed by atoms with Crippen molar-refractivity contribution in [1.82, 2.24) is 0 Å². The van der Waals surface area contributed by atoms with Gasteiger partial charge in [0.05, 0.1) is 0 Å². The highest BCUT2D eigenvalue weighted by atomic mass is 35.5. The average Bonchev–Trinajstić information content (AvgIpc) is 3.10. The van der Waals surface area contributed by atoms with Crippen LogP contribution in [0.3, 0.4) is 0 Å². The van der Waals surface area contributed by atoms with Crippen molar-refractivity contribution in [1.29, 1.82) is 0 Å². The van der Waals surface area contributed by atoms with Gasteiger partial charge in [0.1, 0.15) is 6.04 Å². The number of carbonyl (C=O) groups is 2. The monoisotopic (exact) mass is 353 g/mol. The number of hydrogen-bond donors (Lipinski definition) is 2. The molecule has 1 aliphatic heterocycles. The molecule has 1 heterocycles. The predicted molar refractivity (Wildman–Crippen MR) is 96.4 cm³/mol. The van der Waals surface area contributed by atoms with E-state index in [-0.39, 0.29) is 17.6 Å². The molecule has 2 N–H and O–H groups in total. The van der Waals surface area contributed by atoms with Crippen molar-refractivity contribution in [3.8, 4) is 0 Å². The Morgan fingerprint density at radius 3 is 2.64 bits per heavy atom. The van der Waals surface area contributed by atoms with E-state index in [0.29, 0.717) is 28.3 Å². The molecule has 0 saturated heterocycles. The summed E-state index contributed by atoms with van der Waals surface area (Å²) < 4.78 is 0. The second-order valence-electron chi connectivity index (χ2n) is 6.43. The number of hydrogen-bond acceptors (Lipinski definition) is 3. The quantitative estimate of drug-likeness (QED) is 0.643. The van der Waals surface area contributed by atoms with Gasteiger partial charge in [0.25, 0.3) is 0 Å². The summed E-state index contributed by atoms with van der Waals surface area (Å²) in [6.45, 7) is 0. The summed E-state index contributed by atoms with van der Waals surface area (Å²) in [6, 6.07) is 11.6. The van der Waals surface area contributed by atoms with Gasteiger partial charge in [0.2, 0.25) is 0 Å². The van der Waals surface area contributed by atoms with Gasteiger partial charge >= 0.3 is 5.97 Å². The van der Waals surface area contributed by atoms with E-state index in [1.807, 2.05) is 24.3 Å². The topological polar surface area (TPSA) is 66.4 Å². The first-order valence-electron chi connectivity index (χ1n) is 8.15. The third-order valence-electron chi connectivity index (χ3n) is 4.98. The minimum Gasteiger partial charge on any atom is -0.480 e. The number of carboxylic acids is 1. The summed E-state index contributed by atoms with van der Waals surface area (Å²) in [5.74, 6) is -1.18. The highest BCUT2D eigenvalue weighted by Gasteiger charge is 2.42. The molecule has 2 aliphatic rings. The summed E-state index contributed by atoms with van der Waals surface area (Å²) in [5.41, 5.74) is 2.44. The molecule has 0 fully saturated rings. The summed E-state index contributed by atoms with van der Waals surface area (Å²) in [4.78, 5) is 24.7. The lowest BCUT2D eigenvalue weighted by atomic mass is 9.78. The molecule has 0 radical (unpaired) electrons. The van der Waals surface area contributed by atoms with Gasteiger partial charge in [-0.25, -0.2) is 4.79 Å². The van der Waals surface area contributed by atoms with Crippen LogP contribution >= 0.6 is 11.6 Å². The fraction of sp³-hybridized carbons (Fsp3) is 0.200. The number of benzene rings is 2. The van der Waals surface area contributed by atoms with Crippen LogP contribution in [-0.4, -0.2) is 22.9 Å². The lowest BCUT2D eigenvalue weighted by Gasteiger charge is -2.35. The maximum atomic E-state index is 13.0. The number of rotatable bonds is 3. The first-order chi connectivity index (χ1) is 12.1. The zero-order valence-corrected chi connectivity index (χ0v) is 14.0. The maximum absolute atomic E-state index is 13.0. The van der Waals surface area contributed by atoms with E-state index in [4.69, 9.17) is 11.6 Å². The molecule has 3 atom stereocenters. The zero-order valence-electron chi connectivity index (χ0n) is 13.3. The molecule has 4 nitrogen and oxygen atoms in total. The molecule has 0 bridgehead atoms. The number of carboxylic acid groups (broad SMARTS) is 1. The standard InChI is InChI=1S/C20H16ClNO3/c21-12-9-15-13-7-4-8-14(13)18(20(24)25)22-17(15)16(10-12)19(23)11-5-2-1-3-6-11/h1-7,9-10,13-14,18,22H,8H2,(H,24,25)/t13-,14+,18+/m0/s1. The predicted octanol–water partition coefficient (Wildman–Crippen LogP) is 4.11. The van der Waals surface area contributed by atoms with E-state index in [9.17, 15) is 14.7 Å². The van der Waals surface area contributed by atoms with Crippen LogP contribution in [0.25, 0.3) is 0 Å². The van der Waals surface area contributed by atoms with Crippen LogP contribution in [0.2, 0.25) is 5.02 Å². The summed E-state index contributed by atoms with van der Waals surface area (Å²) in [5, 5.41) is 13.2. The van der Waals surface area contributed by atoms with Crippen molar-refractivity contribution >= 4 is 29.0 Å². The van der Waals surface area contributed by atoms with E-state index in [2.05, 4.69) is 5.32 Å². The highest BCUT2D eigenvalue weighted by molar-refractivity contribution is 6.31. The molecule has 5 heteroatoms. The zero-order chi connectivity index (χ0) is 17.6. The number of aliphatic carboxylic acids is 1. The number of anilines is 1. The molecule has 25 heavy (non-hydrogen) atoms. The summed E-state index contributed by atoms with van der Waals surface area (Å²) in [7, 11) is 0. The number of carbonyl (C=O) groups excluding carboxylic acids is 1. The molecular weight excluding hydrogens is 338 g/mol. The Hall–Kier alpha value is -2.59. The molecule has 0 saturated carbocycles. The van der Waals surface area contributed by atoms with E-state index in [1.54, 1.807) is 30.3 Å². The van der Waals surface area contributed by atoms with Crippen molar-refractivity contribution in [3.05, 3.63) is 76.3 Å². The normalized spacial score (nSPS) is 23.5. The fourth-order valence-corrected chi connectivity index (χ4v) is 4.06. The number of ketones is 1. The van der Waals surface area contributed by atoms with Gasteiger partial charge in [-0.2, -0.15) is 0 Å². The second kappa shape index (κ2) is 6.05. The van der Waals surface area contributed by atoms with Crippen molar-refractivity contribution < 1.29 is 14.7 Å². The van der Waals surface area contributed by atoms with Crippen LogP contribution in [0.4, 0.5) is 5.69 Å². The summed E-state index contributed by atoms with van der Waals surface area (Å²) in [6.07, 6.45) is 4.72. The number of fused-ring (bicyclic) bond motifs is 3. The van der Waals surface area contributed by atoms with Crippen LogP contribution in [0.15, 0.2) is 54.6 Å². The minimum atomic E-state index is -0.905. The number of halogens is 1. The van der Waals surface area contributed by atoms with Gasteiger partial charge in [-0.3, -0.25) is 4.79 Å². The van der Waals surface area contributed by atoms with Gasteiger partial charge < -0.3 is 10.4 Å². The molecule has 1 aliphatic carbocycles. The molecule has 4 rings (SSSR count). The van der Waals surface area contributed by atoms with Crippen molar-refractivity contribution in [2.45, 2.75) is 18.4 Å². The smallest absolute Gasteiger partial charge is 0.326 e. The van der Waals surface area contributed by atoms with Gasteiger partial charge in [-0.05, 0) is 24.1 Å². The number of allylic oxidation sites excluding steroid dienone is 2. The largest absolute Gasteiger partial charge is 0.480 e. The second-order valence-corrected chi connectivity index (χ2v) is 6.86. The Bertz CT molecular complexity index is 891. The lowest BCUT2D eigenvalue weighted by molar-refractivity contribution is -0.139. The molecule has 126 valence electrons. The Morgan fingerprint density at radius 1 is 1.16 bits per heavy atom. The Labute approximate surface area is 150 Å². The van der Waals surface area contributed by atoms with E-state index in [1.165, 1.54) is 0 Å². The van der Waals surface area contributed by atoms with Crippen LogP contribution in [0.1, 0.15) is 33.8 Å². The lowest BCUT2D eigenvalue weighted by Crippen LogP contribution is -2.42. The highest BCUT2D eigenvalue weighted by Crippen LogP contribution is 2.47. The molecule has 2 aromatic carbocycles. The first kappa shape index (κ1) is 15.9. The van der Waals surface area contributed by atoms with Crippen molar-refractivity contribution in [2.24, 2.45) is 5.92 Å². The van der Waals surface area contributed by atoms with Gasteiger partial charge in [0.15, 0.2) is 5.78 Å². The number of nitrogens with one attached hydrogen (secondary N) is 1. The third kappa shape index (κ3) is 2.63. The van der Waals surface area contributed by atoms with Crippen molar-refractivity contribution in [3.63, 3.8) is 0 Å². The Kier molecular flexibility index (Phi) is 3.85. The van der Waals surface area contributed by atoms with E-state index < -0.39 is 12.0 Å². The molecule has 0 spiro atoms. The van der Waals surface area contributed by atoms with Gasteiger partial charge in [-0.1, -0.05) is 54.1 Å². The molecule has 0 aromatic heterocycles. The van der Waals surface area contributed by atoms with E-state index >= 15 is 0 Å². The first-order valence-corrected chi connectivity index (χ1v) is 8.53. The third-order valence-corrected chi connectivity index (χ3v) is 5.20. The van der Waals surface area contributed by atoms with Crippen LogP contribution in [-0.2, 0) is 4.79 Å². The molecule has 2 aromatic rings. The van der Waals surface area contributed by atoms with E-state index in [0.717, 1.165) is 5.56 Å². The SMILES string of the molecule is O=C(c1ccccc1)c1cc(Cl)cc2c1N[C@@H](C(=O)O)[C@@H]1CC=C[C@H]21. The fourth-order valence-electron chi connectivity index (χ4n) is 3.83. The minimum absolute atomic E-state index is 0.0432.